The van der Waals surface area contributed by atoms with E-state index in [-0.39, 0.29) is 0 Å². The Hall–Kier alpha value is -4.18. The second kappa shape index (κ2) is 8.88. The number of aromatic nitrogens is 4. The largest absolute Gasteiger partial charge is 0.489 e. The predicted molar refractivity (Wildman–Crippen MR) is 110 cm³/mol. The Kier molecular flexibility index (Phi) is 5.67. The van der Waals surface area contributed by atoms with Crippen molar-refractivity contribution >= 4 is 0 Å². The van der Waals surface area contributed by atoms with E-state index < -0.39 is 0 Å². The van der Waals surface area contributed by atoms with Crippen molar-refractivity contribution in [3.8, 4) is 23.5 Å². The standard InChI is InChI=1S/C23H19N5O2/c1-17-20(14-28(27-17)22-6-2-3-11-25-22)16-29-21-9-7-18(8-10-21)15-30-23-19(13-24)5-4-12-26-23/h2-12,14H,15-16H2,1H3. The molecule has 0 fully saturated rings. The number of rotatable bonds is 7. The van der Waals surface area contributed by atoms with Crippen molar-refractivity contribution in [1.82, 2.24) is 19.7 Å². The maximum absolute atomic E-state index is 9.09. The molecule has 0 saturated carbocycles. The molecule has 3 aromatic heterocycles. The number of ether oxygens (including phenoxy) is 2. The van der Waals surface area contributed by atoms with Crippen LogP contribution in [0.25, 0.3) is 5.82 Å². The Morgan fingerprint density at radius 1 is 0.933 bits per heavy atom. The van der Waals surface area contributed by atoms with Gasteiger partial charge in [-0.25, -0.2) is 14.6 Å². The fraction of sp³-hybridized carbons (Fsp3) is 0.130. The van der Waals surface area contributed by atoms with Crippen LogP contribution in [0.4, 0.5) is 0 Å². The minimum Gasteiger partial charge on any atom is -0.489 e. The van der Waals surface area contributed by atoms with E-state index in [2.05, 4.69) is 21.1 Å². The molecule has 3 heterocycles. The molecule has 0 amide bonds. The van der Waals surface area contributed by atoms with E-state index in [1.54, 1.807) is 29.2 Å². The number of hydrogen-bond donors (Lipinski definition) is 0. The normalized spacial score (nSPS) is 10.4. The molecule has 0 aliphatic rings. The van der Waals surface area contributed by atoms with Crippen molar-refractivity contribution in [1.29, 1.82) is 5.26 Å². The molecule has 0 N–H and O–H groups in total. The minimum atomic E-state index is 0.321. The fourth-order valence-corrected chi connectivity index (χ4v) is 2.83. The molecule has 0 aliphatic carbocycles. The molecule has 30 heavy (non-hydrogen) atoms. The Morgan fingerprint density at radius 3 is 2.53 bits per heavy atom. The van der Waals surface area contributed by atoms with Crippen molar-refractivity contribution in [2.75, 3.05) is 0 Å². The lowest BCUT2D eigenvalue weighted by molar-refractivity contribution is 0.291. The Balaban J connectivity index is 1.35. The van der Waals surface area contributed by atoms with E-state index in [1.807, 2.05) is 55.6 Å². The summed E-state index contributed by atoms with van der Waals surface area (Å²) in [5, 5.41) is 13.6. The minimum absolute atomic E-state index is 0.321. The monoisotopic (exact) mass is 397 g/mol. The zero-order valence-corrected chi connectivity index (χ0v) is 16.4. The van der Waals surface area contributed by atoms with Gasteiger partial charge in [0.15, 0.2) is 5.82 Å². The highest BCUT2D eigenvalue weighted by Crippen LogP contribution is 2.19. The highest BCUT2D eigenvalue weighted by molar-refractivity contribution is 5.37. The summed E-state index contributed by atoms with van der Waals surface area (Å²) in [6.07, 6.45) is 5.27. The second-order valence-corrected chi connectivity index (χ2v) is 6.56. The van der Waals surface area contributed by atoms with Gasteiger partial charge >= 0.3 is 0 Å². The van der Waals surface area contributed by atoms with Gasteiger partial charge in [0.25, 0.3) is 0 Å². The van der Waals surface area contributed by atoms with Crippen LogP contribution >= 0.6 is 0 Å². The van der Waals surface area contributed by atoms with Gasteiger partial charge in [-0.15, -0.1) is 0 Å². The molecule has 7 nitrogen and oxygen atoms in total. The van der Waals surface area contributed by atoms with E-state index in [9.17, 15) is 0 Å². The van der Waals surface area contributed by atoms with Gasteiger partial charge in [-0.3, -0.25) is 0 Å². The molecule has 0 unspecified atom stereocenters. The van der Waals surface area contributed by atoms with Crippen LogP contribution in [0.1, 0.15) is 22.4 Å². The van der Waals surface area contributed by atoms with Crippen LogP contribution in [0.15, 0.2) is 73.2 Å². The number of nitriles is 1. The first-order valence-corrected chi connectivity index (χ1v) is 9.39. The maximum Gasteiger partial charge on any atom is 0.231 e. The summed E-state index contributed by atoms with van der Waals surface area (Å²) in [6.45, 7) is 2.68. The van der Waals surface area contributed by atoms with E-state index >= 15 is 0 Å². The molecular weight excluding hydrogens is 378 g/mol. The molecule has 4 rings (SSSR count). The van der Waals surface area contributed by atoms with Gasteiger partial charge in [-0.1, -0.05) is 18.2 Å². The lowest BCUT2D eigenvalue weighted by Gasteiger charge is -2.08. The summed E-state index contributed by atoms with van der Waals surface area (Å²) >= 11 is 0. The van der Waals surface area contributed by atoms with Gasteiger partial charge in [0.1, 0.15) is 30.6 Å². The number of aryl methyl sites for hydroxylation is 1. The average molecular weight is 397 g/mol. The first-order chi connectivity index (χ1) is 14.7. The number of hydrogen-bond acceptors (Lipinski definition) is 6. The zero-order valence-electron chi connectivity index (χ0n) is 16.4. The smallest absolute Gasteiger partial charge is 0.231 e. The topological polar surface area (TPSA) is 85.8 Å². The van der Waals surface area contributed by atoms with Crippen molar-refractivity contribution in [3.63, 3.8) is 0 Å². The van der Waals surface area contributed by atoms with Crippen molar-refractivity contribution in [2.24, 2.45) is 0 Å². The predicted octanol–water partition coefficient (Wildman–Crippen LogP) is 4.00. The van der Waals surface area contributed by atoms with Gasteiger partial charge in [0.05, 0.1) is 5.69 Å². The lowest BCUT2D eigenvalue weighted by atomic mass is 10.2. The second-order valence-electron chi connectivity index (χ2n) is 6.56. The van der Waals surface area contributed by atoms with Crippen LogP contribution < -0.4 is 9.47 Å². The van der Waals surface area contributed by atoms with Crippen LogP contribution in [-0.2, 0) is 13.2 Å². The third-order valence-electron chi connectivity index (χ3n) is 4.47. The Morgan fingerprint density at radius 2 is 1.77 bits per heavy atom. The van der Waals surface area contributed by atoms with Crippen LogP contribution in [0, 0.1) is 18.3 Å². The molecule has 0 spiro atoms. The first kappa shape index (κ1) is 19.2. The summed E-state index contributed by atoms with van der Waals surface area (Å²) in [5.41, 5.74) is 3.26. The van der Waals surface area contributed by atoms with Crippen LogP contribution in [0.2, 0.25) is 0 Å². The number of nitrogens with zero attached hydrogens (tertiary/aromatic N) is 5. The van der Waals surface area contributed by atoms with E-state index in [0.717, 1.165) is 28.4 Å². The van der Waals surface area contributed by atoms with Crippen molar-refractivity contribution in [2.45, 2.75) is 20.1 Å². The molecule has 1 aromatic carbocycles. The summed E-state index contributed by atoms with van der Waals surface area (Å²) in [6, 6.07) is 18.8. The Bertz CT molecular complexity index is 1160. The van der Waals surface area contributed by atoms with Crippen LogP contribution in [0.3, 0.4) is 0 Å². The van der Waals surface area contributed by atoms with Crippen LogP contribution in [0.5, 0.6) is 11.6 Å². The average Bonchev–Trinajstić information content (AvgIpc) is 3.18. The molecule has 7 heteroatoms. The molecule has 0 bridgehead atoms. The molecule has 4 aromatic rings. The van der Waals surface area contributed by atoms with Gasteiger partial charge < -0.3 is 9.47 Å². The summed E-state index contributed by atoms with van der Waals surface area (Å²) < 4.78 is 13.3. The van der Waals surface area contributed by atoms with Gasteiger partial charge in [0.2, 0.25) is 5.88 Å². The Labute approximate surface area is 174 Å². The highest BCUT2D eigenvalue weighted by Gasteiger charge is 2.08. The maximum atomic E-state index is 9.09. The molecule has 0 radical (unpaired) electrons. The van der Waals surface area contributed by atoms with Gasteiger partial charge in [-0.2, -0.15) is 10.4 Å². The quantitative estimate of drug-likeness (QED) is 0.468. The molecule has 0 aliphatic heterocycles. The van der Waals surface area contributed by atoms with Gasteiger partial charge in [0, 0.05) is 24.2 Å². The van der Waals surface area contributed by atoms with Crippen molar-refractivity contribution < 1.29 is 9.47 Å². The van der Waals surface area contributed by atoms with Crippen LogP contribution in [-0.4, -0.2) is 19.7 Å². The SMILES string of the molecule is Cc1nn(-c2ccccn2)cc1COc1ccc(COc2ncccc2C#N)cc1. The zero-order chi connectivity index (χ0) is 20.8. The highest BCUT2D eigenvalue weighted by atomic mass is 16.5. The first-order valence-electron chi connectivity index (χ1n) is 9.39. The summed E-state index contributed by atoms with van der Waals surface area (Å²) in [7, 11) is 0. The fourth-order valence-electron chi connectivity index (χ4n) is 2.83. The lowest BCUT2D eigenvalue weighted by Crippen LogP contribution is -2.00. The summed E-state index contributed by atoms with van der Waals surface area (Å²) in [5.74, 6) is 1.85. The molecule has 148 valence electrons. The molecule has 0 saturated heterocycles. The summed E-state index contributed by atoms with van der Waals surface area (Å²) in [4.78, 5) is 8.40. The molecular formula is C23H19N5O2. The number of pyridine rings is 2. The number of benzene rings is 1. The van der Waals surface area contributed by atoms with E-state index in [4.69, 9.17) is 14.7 Å². The van der Waals surface area contributed by atoms with E-state index in [0.29, 0.717) is 24.7 Å². The van der Waals surface area contributed by atoms with Gasteiger partial charge in [-0.05, 0) is 48.9 Å². The third-order valence-corrected chi connectivity index (χ3v) is 4.47. The molecule has 0 atom stereocenters. The van der Waals surface area contributed by atoms with Crippen molar-refractivity contribution in [3.05, 3.63) is 95.6 Å². The van der Waals surface area contributed by atoms with E-state index in [1.165, 1.54) is 0 Å². The third kappa shape index (κ3) is 4.45.